The average Bonchev–Trinajstić information content (AvgIpc) is 3.25. The zero-order valence-corrected chi connectivity index (χ0v) is 24.0. The minimum absolute atomic E-state index is 0.0448. The Morgan fingerprint density at radius 3 is 2.49 bits per heavy atom. The van der Waals surface area contributed by atoms with Crippen LogP contribution in [-0.4, -0.2) is 42.4 Å². The largest absolute Gasteiger partial charge is 0.462 e. The van der Waals surface area contributed by atoms with Gasteiger partial charge in [-0.15, -0.1) is 0 Å². The molecule has 7 nitrogen and oxygen atoms in total. The number of aromatic nitrogens is 1. The lowest BCUT2D eigenvalue weighted by Gasteiger charge is -2.33. The van der Waals surface area contributed by atoms with Crippen LogP contribution in [0, 0.1) is 17.7 Å². The summed E-state index contributed by atoms with van der Waals surface area (Å²) < 4.78 is 46.8. The van der Waals surface area contributed by atoms with Crippen molar-refractivity contribution in [3.8, 4) is 11.3 Å². The van der Waals surface area contributed by atoms with Gasteiger partial charge in [-0.05, 0) is 55.5 Å². The van der Waals surface area contributed by atoms with Gasteiger partial charge in [0.25, 0.3) is 0 Å². The summed E-state index contributed by atoms with van der Waals surface area (Å²) in [5.74, 6) is -1.89. The predicted molar refractivity (Wildman–Crippen MR) is 149 cm³/mol. The van der Waals surface area contributed by atoms with Crippen LogP contribution in [0.4, 0.5) is 14.5 Å². The van der Waals surface area contributed by atoms with E-state index in [1.165, 1.54) is 6.07 Å². The zero-order chi connectivity index (χ0) is 29.1. The molecule has 2 aliphatic carbocycles. The number of rotatable bonds is 8. The maximum atomic E-state index is 15.2. The highest BCUT2D eigenvalue weighted by Gasteiger charge is 2.53. The van der Waals surface area contributed by atoms with Crippen molar-refractivity contribution in [3.63, 3.8) is 0 Å². The second-order valence-electron chi connectivity index (χ2n) is 11.4. The first-order valence-electron chi connectivity index (χ1n) is 13.6. The normalized spacial score (nSPS) is 22.3. The maximum Gasteiger partial charge on any atom is 0.344 e. The van der Waals surface area contributed by atoms with Gasteiger partial charge >= 0.3 is 11.9 Å². The molecule has 3 fully saturated rings. The van der Waals surface area contributed by atoms with Crippen LogP contribution < -0.4 is 4.90 Å². The third-order valence-electron chi connectivity index (χ3n) is 7.97. The molecule has 11 heteroatoms. The standard InChI is InChI=1S/C30H28Cl2F2N2O5/c1-15(2)14-39-28(37)16-6-7-22(21(33)11-16)36-13-17-10-18(36)12-23(17)40-29(38)25-26(24-19(31)4-3-5-20(24)32)35-41-27(25)30(34)8-9-30/h3-7,11,15,17-18,23H,8-10,12-14H2,1-2H3/t17-,18-,23+/m0/s1. The summed E-state index contributed by atoms with van der Waals surface area (Å²) in [6, 6.07) is 9.12. The van der Waals surface area contributed by atoms with Gasteiger partial charge in [-0.2, -0.15) is 0 Å². The van der Waals surface area contributed by atoms with Gasteiger partial charge < -0.3 is 18.9 Å². The third kappa shape index (κ3) is 5.18. The highest BCUT2D eigenvalue weighted by Crippen LogP contribution is 2.53. The molecular formula is C30H28Cl2F2N2O5. The monoisotopic (exact) mass is 604 g/mol. The Morgan fingerprint density at radius 2 is 1.88 bits per heavy atom. The summed E-state index contributed by atoms with van der Waals surface area (Å²) >= 11 is 12.7. The van der Waals surface area contributed by atoms with Gasteiger partial charge in [0.05, 0.1) is 27.9 Å². The first-order valence-corrected chi connectivity index (χ1v) is 14.4. The molecule has 3 aliphatic rings. The number of halogens is 4. The second-order valence-corrected chi connectivity index (χ2v) is 12.3. The van der Waals surface area contributed by atoms with Gasteiger partial charge in [-0.1, -0.05) is 48.3 Å². The molecule has 0 amide bonds. The van der Waals surface area contributed by atoms with Crippen molar-refractivity contribution in [1.82, 2.24) is 5.16 Å². The molecule has 3 aromatic rings. The number of fused-ring (bicyclic) bond motifs is 2. The molecule has 1 aliphatic heterocycles. The quantitative estimate of drug-likeness (QED) is 0.248. The van der Waals surface area contributed by atoms with E-state index in [9.17, 15) is 9.59 Å². The lowest BCUT2D eigenvalue weighted by atomic mass is 10.0. The molecule has 1 aromatic heterocycles. The number of piperidine rings is 1. The fourth-order valence-corrected chi connectivity index (χ4v) is 6.33. The van der Waals surface area contributed by atoms with Crippen molar-refractivity contribution >= 4 is 40.8 Å². The van der Waals surface area contributed by atoms with Gasteiger partial charge in [-0.3, -0.25) is 0 Å². The van der Waals surface area contributed by atoms with Gasteiger partial charge in [0, 0.05) is 30.5 Å². The van der Waals surface area contributed by atoms with E-state index >= 15 is 8.78 Å². The van der Waals surface area contributed by atoms with Crippen LogP contribution in [0.2, 0.25) is 10.0 Å². The van der Waals surface area contributed by atoms with E-state index in [0.29, 0.717) is 25.1 Å². The molecule has 0 unspecified atom stereocenters. The number of esters is 2. The lowest BCUT2D eigenvalue weighted by Crippen LogP contribution is -2.40. The summed E-state index contributed by atoms with van der Waals surface area (Å²) in [7, 11) is 0. The Morgan fingerprint density at radius 1 is 1.15 bits per heavy atom. The van der Waals surface area contributed by atoms with Crippen molar-refractivity contribution in [2.75, 3.05) is 18.1 Å². The topological polar surface area (TPSA) is 81.9 Å². The third-order valence-corrected chi connectivity index (χ3v) is 8.60. The second kappa shape index (κ2) is 10.6. The van der Waals surface area contributed by atoms with Crippen LogP contribution in [0.15, 0.2) is 40.9 Å². The zero-order valence-electron chi connectivity index (χ0n) is 22.5. The molecular weight excluding hydrogens is 577 g/mol. The SMILES string of the molecule is CC(C)COC(=O)c1ccc(N2C[C@@H]3C[C@H]2C[C@H]3OC(=O)c2c(-c3c(Cl)cccc3Cl)noc2C2(F)CC2)c(F)c1. The van der Waals surface area contributed by atoms with Crippen LogP contribution in [-0.2, 0) is 15.1 Å². The maximum absolute atomic E-state index is 15.2. The summed E-state index contributed by atoms with van der Waals surface area (Å²) in [6.45, 7) is 4.57. The highest BCUT2D eigenvalue weighted by atomic mass is 35.5. The molecule has 0 N–H and O–H groups in total. The molecule has 6 rings (SSSR count). The average molecular weight is 605 g/mol. The minimum Gasteiger partial charge on any atom is -0.462 e. The summed E-state index contributed by atoms with van der Waals surface area (Å²) in [4.78, 5) is 27.7. The number of benzene rings is 2. The van der Waals surface area contributed by atoms with Gasteiger partial charge in [-0.25, -0.2) is 18.4 Å². The number of carbonyl (C=O) groups is 2. The number of alkyl halides is 1. The van der Waals surface area contributed by atoms with Gasteiger partial charge in [0.2, 0.25) is 0 Å². The van der Waals surface area contributed by atoms with E-state index in [-0.39, 0.29) is 75.5 Å². The molecule has 41 heavy (non-hydrogen) atoms. The molecule has 0 radical (unpaired) electrons. The van der Waals surface area contributed by atoms with E-state index in [2.05, 4.69) is 5.16 Å². The lowest BCUT2D eigenvalue weighted by molar-refractivity contribution is 0.0187. The summed E-state index contributed by atoms with van der Waals surface area (Å²) in [5, 5.41) is 4.48. The Balaban J connectivity index is 1.18. The number of carbonyl (C=O) groups excluding carboxylic acids is 2. The summed E-state index contributed by atoms with van der Waals surface area (Å²) in [5.41, 5.74) is -1.04. The van der Waals surface area contributed by atoms with E-state index < -0.39 is 29.5 Å². The van der Waals surface area contributed by atoms with E-state index in [0.717, 1.165) is 0 Å². The van der Waals surface area contributed by atoms with Crippen LogP contribution in [0.1, 0.15) is 66.0 Å². The van der Waals surface area contributed by atoms with E-state index in [1.807, 2.05) is 18.7 Å². The van der Waals surface area contributed by atoms with Crippen LogP contribution in [0.5, 0.6) is 0 Å². The number of hydrogen-bond acceptors (Lipinski definition) is 7. The van der Waals surface area contributed by atoms with Crippen molar-refractivity contribution in [2.45, 2.75) is 57.3 Å². The number of ether oxygens (including phenoxy) is 2. The molecule has 0 spiro atoms. The number of nitrogens with zero attached hydrogens (tertiary/aromatic N) is 2. The van der Waals surface area contributed by atoms with E-state index in [4.69, 9.17) is 37.2 Å². The smallest absolute Gasteiger partial charge is 0.344 e. The highest BCUT2D eigenvalue weighted by molar-refractivity contribution is 6.39. The van der Waals surface area contributed by atoms with Crippen molar-refractivity contribution in [2.24, 2.45) is 11.8 Å². The molecule has 2 saturated carbocycles. The molecule has 3 atom stereocenters. The molecule has 2 heterocycles. The van der Waals surface area contributed by atoms with Crippen LogP contribution >= 0.6 is 23.2 Å². The van der Waals surface area contributed by atoms with Gasteiger partial charge in [0.15, 0.2) is 11.4 Å². The molecule has 216 valence electrons. The predicted octanol–water partition coefficient (Wildman–Crippen LogP) is 7.38. The fourth-order valence-electron chi connectivity index (χ4n) is 5.75. The summed E-state index contributed by atoms with van der Waals surface area (Å²) in [6.07, 6.45) is 1.13. The van der Waals surface area contributed by atoms with Gasteiger partial charge in [0.1, 0.15) is 23.2 Å². The number of hydrogen-bond donors (Lipinski definition) is 0. The molecule has 1 saturated heterocycles. The first kappa shape index (κ1) is 28.0. The molecule has 2 bridgehead atoms. The Hall–Kier alpha value is -3.17. The first-order chi connectivity index (χ1) is 19.6. The fraction of sp³-hybridized carbons (Fsp3) is 0.433. The molecule has 2 aromatic carbocycles. The van der Waals surface area contributed by atoms with Crippen molar-refractivity contribution in [3.05, 3.63) is 69.1 Å². The van der Waals surface area contributed by atoms with Crippen molar-refractivity contribution in [1.29, 1.82) is 0 Å². The number of anilines is 1. The van der Waals surface area contributed by atoms with E-state index in [1.54, 1.807) is 30.3 Å². The minimum atomic E-state index is -1.79. The Kier molecular flexibility index (Phi) is 7.22. The van der Waals surface area contributed by atoms with Crippen molar-refractivity contribution < 1.29 is 32.4 Å². The van der Waals surface area contributed by atoms with Crippen LogP contribution in [0.25, 0.3) is 11.3 Å². The van der Waals surface area contributed by atoms with Crippen LogP contribution in [0.3, 0.4) is 0 Å². The Bertz CT molecular complexity index is 1500. The Labute approximate surface area is 245 Å².